The maximum atomic E-state index is 12.8. The first kappa shape index (κ1) is 17.9. The van der Waals surface area contributed by atoms with Gasteiger partial charge in [0.05, 0.1) is 12.1 Å². The number of carbonyl (C=O) groups is 1. The summed E-state index contributed by atoms with van der Waals surface area (Å²) in [6.45, 7) is 4.58. The maximum Gasteiger partial charge on any atom is 0.321 e. The molecular weight excluding hydrogens is 390 g/mol. The van der Waals surface area contributed by atoms with Gasteiger partial charge in [-0.25, -0.2) is 14.8 Å². The molecule has 1 fully saturated rings. The van der Waals surface area contributed by atoms with Crippen LogP contribution in [0.3, 0.4) is 0 Å². The number of nitrogens with zero attached hydrogens (tertiary/aromatic N) is 5. The van der Waals surface area contributed by atoms with Crippen LogP contribution in [0.5, 0.6) is 5.75 Å². The zero-order valence-corrected chi connectivity index (χ0v) is 16.8. The minimum absolute atomic E-state index is 0.0714. The average molecular weight is 411 g/mol. The van der Waals surface area contributed by atoms with E-state index in [0.29, 0.717) is 26.2 Å². The quantitative estimate of drug-likeness (QED) is 0.666. The lowest BCUT2D eigenvalue weighted by Crippen LogP contribution is -2.55. The molecule has 0 saturated carbocycles. The minimum Gasteiger partial charge on any atom is -0.493 e. The Bertz CT molecular complexity index is 1090. The zero-order valence-electron chi connectivity index (χ0n) is 16.0. The molecule has 2 aliphatic heterocycles. The molecule has 1 aromatic carbocycles. The van der Waals surface area contributed by atoms with Crippen molar-refractivity contribution in [2.24, 2.45) is 0 Å². The number of carbonyl (C=O) groups excluding carboxylic acids is 1. The van der Waals surface area contributed by atoms with Crippen molar-refractivity contribution >= 4 is 45.2 Å². The Morgan fingerprint density at radius 1 is 1.34 bits per heavy atom. The summed E-state index contributed by atoms with van der Waals surface area (Å²) in [6.07, 6.45) is 0.877. The van der Waals surface area contributed by atoms with Gasteiger partial charge in [0, 0.05) is 37.8 Å². The standard InChI is InChI=1S/C19H21N7O2S/c1-11-9-25(19(27)22-13-2-3-14-12(8-13)4-7-28-14)5-6-26(11)16-15-17(29-10-21-15)24-18(20)23-16/h2-3,8,10-11H,4-7,9H2,1H3,(H,22,27)(H2,20,23,24)/t11-/m0/s1. The van der Waals surface area contributed by atoms with Gasteiger partial charge in [-0.2, -0.15) is 4.98 Å². The van der Waals surface area contributed by atoms with Crippen molar-refractivity contribution in [1.82, 2.24) is 19.9 Å². The molecule has 2 amide bonds. The van der Waals surface area contributed by atoms with Crippen molar-refractivity contribution in [1.29, 1.82) is 0 Å². The molecule has 9 nitrogen and oxygen atoms in total. The predicted molar refractivity (Wildman–Crippen MR) is 113 cm³/mol. The topological polar surface area (TPSA) is 110 Å². The SMILES string of the molecule is C[C@H]1CN(C(=O)Nc2ccc3c(c2)CCO3)CCN1c1nc(N)nc2scnc12. The van der Waals surface area contributed by atoms with E-state index in [1.807, 2.05) is 23.1 Å². The van der Waals surface area contributed by atoms with Crippen molar-refractivity contribution in [3.63, 3.8) is 0 Å². The first-order valence-corrected chi connectivity index (χ1v) is 10.4. The second kappa shape index (κ2) is 7.03. The molecule has 150 valence electrons. The third-order valence-corrected chi connectivity index (χ3v) is 6.04. The van der Waals surface area contributed by atoms with Gasteiger partial charge in [0.15, 0.2) is 10.6 Å². The largest absolute Gasteiger partial charge is 0.493 e. The van der Waals surface area contributed by atoms with Crippen LogP contribution in [0.15, 0.2) is 23.7 Å². The monoisotopic (exact) mass is 411 g/mol. The number of aromatic nitrogens is 3. The van der Waals surface area contributed by atoms with E-state index in [9.17, 15) is 4.79 Å². The lowest BCUT2D eigenvalue weighted by molar-refractivity contribution is 0.200. The highest BCUT2D eigenvalue weighted by Gasteiger charge is 2.29. The first-order valence-electron chi connectivity index (χ1n) is 9.53. The van der Waals surface area contributed by atoms with Gasteiger partial charge in [-0.1, -0.05) is 0 Å². The summed E-state index contributed by atoms with van der Waals surface area (Å²) < 4.78 is 5.52. The number of nitrogens with one attached hydrogen (secondary N) is 1. The van der Waals surface area contributed by atoms with Crippen molar-refractivity contribution in [3.8, 4) is 5.75 Å². The van der Waals surface area contributed by atoms with Crippen LogP contribution in [0.1, 0.15) is 12.5 Å². The van der Waals surface area contributed by atoms with Gasteiger partial charge in [-0.05, 0) is 30.7 Å². The lowest BCUT2D eigenvalue weighted by atomic mass is 10.1. The van der Waals surface area contributed by atoms with E-state index >= 15 is 0 Å². The summed E-state index contributed by atoms with van der Waals surface area (Å²) in [7, 11) is 0. The maximum absolute atomic E-state index is 12.8. The van der Waals surface area contributed by atoms with Crippen LogP contribution in [0, 0.1) is 0 Å². The highest BCUT2D eigenvalue weighted by molar-refractivity contribution is 7.16. The van der Waals surface area contributed by atoms with Crippen LogP contribution in [-0.2, 0) is 6.42 Å². The van der Waals surface area contributed by atoms with E-state index in [1.54, 1.807) is 5.51 Å². The van der Waals surface area contributed by atoms with E-state index in [-0.39, 0.29) is 18.0 Å². The van der Waals surface area contributed by atoms with E-state index in [0.717, 1.165) is 39.6 Å². The number of nitrogen functional groups attached to an aromatic ring is 1. The van der Waals surface area contributed by atoms with Crippen molar-refractivity contribution < 1.29 is 9.53 Å². The molecule has 3 N–H and O–H groups in total. The molecule has 2 aromatic heterocycles. The van der Waals surface area contributed by atoms with Crippen molar-refractivity contribution in [2.75, 3.05) is 42.2 Å². The summed E-state index contributed by atoms with van der Waals surface area (Å²) in [5, 5.41) is 3.01. The average Bonchev–Trinajstić information content (AvgIpc) is 3.36. The summed E-state index contributed by atoms with van der Waals surface area (Å²) >= 11 is 1.44. The number of amides is 2. The van der Waals surface area contributed by atoms with Crippen LogP contribution in [-0.4, -0.2) is 58.2 Å². The fraction of sp³-hybridized carbons (Fsp3) is 0.368. The number of hydrogen-bond donors (Lipinski definition) is 2. The lowest BCUT2D eigenvalue weighted by Gasteiger charge is -2.40. The number of thiazole rings is 1. The first-order chi connectivity index (χ1) is 14.1. The fourth-order valence-corrected chi connectivity index (χ4v) is 4.55. The van der Waals surface area contributed by atoms with Gasteiger partial charge in [0.25, 0.3) is 0 Å². The molecule has 4 heterocycles. The fourth-order valence-electron chi connectivity index (χ4n) is 3.89. The molecule has 0 bridgehead atoms. The number of hydrogen-bond acceptors (Lipinski definition) is 8. The molecule has 0 unspecified atom stereocenters. The number of nitrogens with two attached hydrogens (primary N) is 1. The van der Waals surface area contributed by atoms with Gasteiger partial charge in [0.1, 0.15) is 11.3 Å². The smallest absolute Gasteiger partial charge is 0.321 e. The van der Waals surface area contributed by atoms with Gasteiger partial charge < -0.3 is 25.6 Å². The summed E-state index contributed by atoms with van der Waals surface area (Å²) in [4.78, 5) is 30.6. The Balaban J connectivity index is 1.29. The molecule has 5 rings (SSSR count). The Morgan fingerprint density at radius 2 is 2.24 bits per heavy atom. The van der Waals surface area contributed by atoms with E-state index in [2.05, 4.69) is 32.1 Å². The number of fused-ring (bicyclic) bond motifs is 2. The van der Waals surface area contributed by atoms with Gasteiger partial charge in [-0.15, -0.1) is 11.3 Å². The molecule has 2 aliphatic rings. The molecule has 0 aliphatic carbocycles. The molecule has 0 radical (unpaired) electrons. The summed E-state index contributed by atoms with van der Waals surface area (Å²) in [5.74, 6) is 1.88. The number of benzene rings is 1. The molecular formula is C19H21N7O2S. The number of urea groups is 1. The van der Waals surface area contributed by atoms with Crippen molar-refractivity contribution in [2.45, 2.75) is 19.4 Å². The normalized spacial score (nSPS) is 18.6. The number of ether oxygens (including phenoxy) is 1. The number of rotatable bonds is 2. The van der Waals surface area contributed by atoms with Crippen LogP contribution < -0.4 is 20.7 Å². The van der Waals surface area contributed by atoms with Crippen LogP contribution in [0.2, 0.25) is 0 Å². The highest BCUT2D eigenvalue weighted by Crippen LogP contribution is 2.30. The van der Waals surface area contributed by atoms with Crippen LogP contribution >= 0.6 is 11.3 Å². The number of piperazine rings is 1. The number of anilines is 3. The predicted octanol–water partition coefficient (Wildman–Crippen LogP) is 2.35. The second-order valence-electron chi connectivity index (χ2n) is 7.25. The molecule has 0 spiro atoms. The Kier molecular flexibility index (Phi) is 4.35. The van der Waals surface area contributed by atoms with Gasteiger partial charge in [-0.3, -0.25) is 0 Å². The summed E-state index contributed by atoms with van der Waals surface area (Å²) in [5.41, 5.74) is 10.3. The minimum atomic E-state index is -0.101. The van der Waals surface area contributed by atoms with Gasteiger partial charge >= 0.3 is 6.03 Å². The third-order valence-electron chi connectivity index (χ3n) is 5.32. The van der Waals surface area contributed by atoms with Gasteiger partial charge in [0.2, 0.25) is 5.95 Å². The molecule has 1 atom stereocenters. The van der Waals surface area contributed by atoms with E-state index < -0.39 is 0 Å². The molecule has 10 heteroatoms. The Labute approximate surface area is 171 Å². The summed E-state index contributed by atoms with van der Waals surface area (Å²) in [6, 6.07) is 5.75. The Hall–Kier alpha value is -3.14. The molecule has 29 heavy (non-hydrogen) atoms. The van der Waals surface area contributed by atoms with Crippen LogP contribution in [0.25, 0.3) is 10.3 Å². The zero-order chi connectivity index (χ0) is 20.0. The third kappa shape index (κ3) is 3.29. The molecule has 1 saturated heterocycles. The van der Waals surface area contributed by atoms with E-state index in [4.69, 9.17) is 10.5 Å². The van der Waals surface area contributed by atoms with Crippen molar-refractivity contribution in [3.05, 3.63) is 29.3 Å². The highest BCUT2D eigenvalue weighted by atomic mass is 32.1. The second-order valence-corrected chi connectivity index (χ2v) is 8.08. The van der Waals surface area contributed by atoms with Crippen LogP contribution in [0.4, 0.5) is 22.2 Å². The molecule has 3 aromatic rings. The Morgan fingerprint density at radius 3 is 3.10 bits per heavy atom. The van der Waals surface area contributed by atoms with E-state index in [1.165, 1.54) is 11.3 Å².